The molecule has 0 unspecified atom stereocenters. The molecule has 0 bridgehead atoms. The number of hydrogen-bond acceptors (Lipinski definition) is 9. The topological polar surface area (TPSA) is 195 Å². The van der Waals surface area contributed by atoms with Crippen LogP contribution in [0.25, 0.3) is 0 Å². The SMILES string of the molecule is C[C@H](N)C(=O)N[C@H]1[C@@H](OCCN[C@@H](C)C(N)=O)O[C@H](CN)[C@@H](O)[C@@H]1O. The standard InChI is InChI=1S/C14H29N5O6/c1-6(16)13(23)19-9-11(21)10(20)8(5-15)25-14(9)24-4-3-18-7(2)12(17)22/h6-11,14,18,20-21H,3-5,15-16H2,1-2H3,(H2,17,22)(H,19,23)/t6-,7-,8+,9+,10+,11+,14-/m0/s1. The van der Waals surface area contributed by atoms with E-state index in [9.17, 15) is 19.8 Å². The monoisotopic (exact) mass is 363 g/mol. The number of carbonyl (C=O) groups is 2. The van der Waals surface area contributed by atoms with Crippen molar-refractivity contribution in [2.75, 3.05) is 19.7 Å². The van der Waals surface area contributed by atoms with Crippen LogP contribution in [0.3, 0.4) is 0 Å². The van der Waals surface area contributed by atoms with Gasteiger partial charge in [0.15, 0.2) is 6.29 Å². The van der Waals surface area contributed by atoms with Crippen molar-refractivity contribution in [3.63, 3.8) is 0 Å². The molecule has 1 aliphatic heterocycles. The Labute approximate surface area is 146 Å². The molecule has 0 spiro atoms. The van der Waals surface area contributed by atoms with Crippen LogP contribution in [0.2, 0.25) is 0 Å². The summed E-state index contributed by atoms with van der Waals surface area (Å²) in [5.41, 5.74) is 16.2. The van der Waals surface area contributed by atoms with E-state index >= 15 is 0 Å². The number of hydrogen-bond donors (Lipinski definition) is 7. The Balaban J connectivity index is 2.68. The second-order valence-electron chi connectivity index (χ2n) is 6.03. The van der Waals surface area contributed by atoms with Gasteiger partial charge in [-0.15, -0.1) is 0 Å². The van der Waals surface area contributed by atoms with Crippen LogP contribution < -0.4 is 27.8 Å². The lowest BCUT2D eigenvalue weighted by molar-refractivity contribution is -0.261. The minimum Gasteiger partial charge on any atom is -0.388 e. The minimum absolute atomic E-state index is 0.0387. The summed E-state index contributed by atoms with van der Waals surface area (Å²) >= 11 is 0. The summed E-state index contributed by atoms with van der Waals surface area (Å²) in [7, 11) is 0. The average Bonchev–Trinajstić information content (AvgIpc) is 2.56. The number of amides is 2. The fourth-order valence-electron chi connectivity index (χ4n) is 2.27. The fourth-order valence-corrected chi connectivity index (χ4v) is 2.27. The highest BCUT2D eigenvalue weighted by atomic mass is 16.7. The van der Waals surface area contributed by atoms with E-state index in [0.29, 0.717) is 0 Å². The molecule has 11 nitrogen and oxygen atoms in total. The van der Waals surface area contributed by atoms with Gasteiger partial charge in [0.25, 0.3) is 0 Å². The molecule has 146 valence electrons. The maximum absolute atomic E-state index is 11.8. The predicted octanol–water partition coefficient (Wildman–Crippen LogP) is -4.30. The zero-order valence-corrected chi connectivity index (χ0v) is 14.4. The van der Waals surface area contributed by atoms with Gasteiger partial charge in [0.05, 0.1) is 18.7 Å². The number of ether oxygens (including phenoxy) is 2. The lowest BCUT2D eigenvalue weighted by atomic mass is 9.96. The van der Waals surface area contributed by atoms with Crippen molar-refractivity contribution in [3.8, 4) is 0 Å². The first-order valence-electron chi connectivity index (χ1n) is 8.11. The highest BCUT2D eigenvalue weighted by Gasteiger charge is 2.45. The maximum atomic E-state index is 11.8. The fraction of sp³-hybridized carbons (Fsp3) is 0.857. The van der Waals surface area contributed by atoms with Crippen LogP contribution in [0.4, 0.5) is 0 Å². The molecule has 0 saturated carbocycles. The number of aliphatic hydroxyl groups is 2. The molecule has 1 fully saturated rings. The van der Waals surface area contributed by atoms with Crippen molar-refractivity contribution in [1.82, 2.24) is 10.6 Å². The smallest absolute Gasteiger partial charge is 0.237 e. The van der Waals surface area contributed by atoms with Crippen LogP contribution in [-0.4, -0.2) is 84.5 Å². The van der Waals surface area contributed by atoms with Crippen LogP contribution >= 0.6 is 0 Å². The molecule has 2 amide bonds. The van der Waals surface area contributed by atoms with Crippen molar-refractivity contribution in [2.24, 2.45) is 17.2 Å². The molecule has 0 aromatic rings. The molecular formula is C14H29N5O6. The minimum atomic E-state index is -1.34. The summed E-state index contributed by atoms with van der Waals surface area (Å²) in [5.74, 6) is -1.03. The van der Waals surface area contributed by atoms with Gasteiger partial charge in [0.2, 0.25) is 11.8 Å². The molecule has 10 N–H and O–H groups in total. The molecular weight excluding hydrogens is 334 g/mol. The van der Waals surface area contributed by atoms with E-state index in [1.165, 1.54) is 6.92 Å². The predicted molar refractivity (Wildman–Crippen MR) is 87.9 cm³/mol. The van der Waals surface area contributed by atoms with Crippen molar-refractivity contribution < 1.29 is 29.3 Å². The maximum Gasteiger partial charge on any atom is 0.237 e. The molecule has 1 rings (SSSR count). The van der Waals surface area contributed by atoms with Crippen LogP contribution in [0.5, 0.6) is 0 Å². The van der Waals surface area contributed by atoms with Gasteiger partial charge in [-0.1, -0.05) is 0 Å². The highest BCUT2D eigenvalue weighted by molar-refractivity contribution is 5.81. The van der Waals surface area contributed by atoms with Gasteiger partial charge in [0.1, 0.15) is 24.4 Å². The van der Waals surface area contributed by atoms with Gasteiger partial charge in [-0.05, 0) is 13.8 Å². The van der Waals surface area contributed by atoms with E-state index in [4.69, 9.17) is 26.7 Å². The molecule has 1 heterocycles. The molecule has 11 heteroatoms. The second-order valence-corrected chi connectivity index (χ2v) is 6.03. The van der Waals surface area contributed by atoms with Crippen molar-refractivity contribution >= 4 is 11.8 Å². The molecule has 7 atom stereocenters. The van der Waals surface area contributed by atoms with Crippen LogP contribution in [-0.2, 0) is 19.1 Å². The molecule has 0 aliphatic carbocycles. The summed E-state index contributed by atoms with van der Waals surface area (Å²) in [4.78, 5) is 22.8. The molecule has 1 aliphatic rings. The van der Waals surface area contributed by atoms with E-state index in [1.807, 2.05) is 0 Å². The Morgan fingerprint density at radius 1 is 1.28 bits per heavy atom. The average molecular weight is 363 g/mol. The third-order valence-electron chi connectivity index (χ3n) is 3.92. The Hall–Kier alpha value is -1.34. The number of nitrogens with one attached hydrogen (secondary N) is 2. The number of primary amides is 1. The Morgan fingerprint density at radius 2 is 1.92 bits per heavy atom. The van der Waals surface area contributed by atoms with E-state index in [-0.39, 0.29) is 19.7 Å². The summed E-state index contributed by atoms with van der Waals surface area (Å²) in [6, 6.07) is -2.37. The van der Waals surface area contributed by atoms with E-state index < -0.39 is 54.5 Å². The quantitative estimate of drug-likeness (QED) is 0.198. The molecule has 25 heavy (non-hydrogen) atoms. The lowest BCUT2D eigenvalue weighted by Gasteiger charge is -2.42. The number of carbonyl (C=O) groups excluding carboxylic acids is 2. The molecule has 0 aromatic carbocycles. The van der Waals surface area contributed by atoms with E-state index in [2.05, 4.69) is 10.6 Å². The van der Waals surface area contributed by atoms with E-state index in [0.717, 1.165) is 0 Å². The second kappa shape index (κ2) is 9.97. The molecule has 1 saturated heterocycles. The first-order chi connectivity index (χ1) is 11.7. The largest absolute Gasteiger partial charge is 0.388 e. The first-order valence-corrected chi connectivity index (χ1v) is 8.11. The van der Waals surface area contributed by atoms with Gasteiger partial charge in [-0.2, -0.15) is 0 Å². The van der Waals surface area contributed by atoms with Gasteiger partial charge in [-0.3, -0.25) is 9.59 Å². The summed E-state index contributed by atoms with van der Waals surface area (Å²) in [6.45, 7) is 3.44. The normalized spacial score (nSPS) is 32.0. The molecule has 0 radical (unpaired) electrons. The third kappa shape index (κ3) is 6.15. The van der Waals surface area contributed by atoms with Crippen molar-refractivity contribution in [3.05, 3.63) is 0 Å². The first kappa shape index (κ1) is 21.7. The Bertz CT molecular complexity index is 451. The lowest BCUT2D eigenvalue weighted by Crippen LogP contribution is -2.66. The van der Waals surface area contributed by atoms with Crippen LogP contribution in [0.15, 0.2) is 0 Å². The zero-order chi connectivity index (χ0) is 19.1. The van der Waals surface area contributed by atoms with Gasteiger partial charge in [-0.25, -0.2) is 0 Å². The summed E-state index contributed by atoms with van der Waals surface area (Å²) in [5, 5.41) is 25.6. The molecule has 0 aromatic heterocycles. The van der Waals surface area contributed by atoms with Crippen LogP contribution in [0.1, 0.15) is 13.8 Å². The third-order valence-corrected chi connectivity index (χ3v) is 3.92. The van der Waals surface area contributed by atoms with Gasteiger partial charge < -0.3 is 47.5 Å². The summed E-state index contributed by atoms with van der Waals surface area (Å²) < 4.78 is 11.1. The Morgan fingerprint density at radius 3 is 2.44 bits per heavy atom. The number of nitrogens with two attached hydrogens (primary N) is 3. The Kier molecular flexibility index (Phi) is 8.65. The summed E-state index contributed by atoms with van der Waals surface area (Å²) in [6.07, 6.45) is -4.51. The van der Waals surface area contributed by atoms with Crippen LogP contribution in [0, 0.1) is 0 Å². The number of aliphatic hydroxyl groups excluding tert-OH is 2. The number of rotatable bonds is 9. The highest BCUT2D eigenvalue weighted by Crippen LogP contribution is 2.21. The van der Waals surface area contributed by atoms with Gasteiger partial charge >= 0.3 is 0 Å². The van der Waals surface area contributed by atoms with E-state index in [1.54, 1.807) is 6.92 Å². The zero-order valence-electron chi connectivity index (χ0n) is 14.4. The van der Waals surface area contributed by atoms with Crippen molar-refractivity contribution in [2.45, 2.75) is 56.6 Å². The van der Waals surface area contributed by atoms with Gasteiger partial charge in [0, 0.05) is 13.1 Å². The van der Waals surface area contributed by atoms with Crippen molar-refractivity contribution in [1.29, 1.82) is 0 Å².